The van der Waals surface area contributed by atoms with E-state index >= 15 is 0 Å². The predicted molar refractivity (Wildman–Crippen MR) is 141 cm³/mol. The highest BCUT2D eigenvalue weighted by atomic mass is 16.5. The van der Waals surface area contributed by atoms with Crippen LogP contribution in [0.4, 0.5) is 5.69 Å². The van der Waals surface area contributed by atoms with Crippen molar-refractivity contribution in [1.82, 2.24) is 19.7 Å². The van der Waals surface area contributed by atoms with Crippen molar-refractivity contribution in [2.24, 2.45) is 0 Å². The first-order chi connectivity index (χ1) is 18.0. The van der Waals surface area contributed by atoms with Crippen molar-refractivity contribution < 1.29 is 14.3 Å². The van der Waals surface area contributed by atoms with E-state index < -0.39 is 0 Å². The van der Waals surface area contributed by atoms with Gasteiger partial charge in [0.25, 0.3) is 11.8 Å². The molecule has 0 aliphatic heterocycles. The fourth-order valence-corrected chi connectivity index (χ4v) is 3.86. The Morgan fingerprint density at radius 2 is 1.73 bits per heavy atom. The van der Waals surface area contributed by atoms with Crippen LogP contribution in [0, 0.1) is 6.92 Å². The summed E-state index contributed by atoms with van der Waals surface area (Å²) in [7, 11) is 0. The molecule has 0 unspecified atom stereocenters. The molecule has 2 aromatic carbocycles. The lowest BCUT2D eigenvalue weighted by molar-refractivity contribution is 0.0949. The van der Waals surface area contributed by atoms with E-state index in [0.717, 1.165) is 22.5 Å². The molecule has 0 spiro atoms. The van der Waals surface area contributed by atoms with E-state index in [9.17, 15) is 9.59 Å². The van der Waals surface area contributed by atoms with Gasteiger partial charge in [0, 0.05) is 48.1 Å². The second-order valence-corrected chi connectivity index (χ2v) is 8.59. The van der Waals surface area contributed by atoms with Crippen LogP contribution in [0.5, 0.6) is 5.75 Å². The van der Waals surface area contributed by atoms with Crippen molar-refractivity contribution in [2.45, 2.75) is 20.1 Å². The Balaban J connectivity index is 1.17. The molecule has 8 nitrogen and oxygen atoms in total. The van der Waals surface area contributed by atoms with E-state index in [1.807, 2.05) is 60.1 Å². The summed E-state index contributed by atoms with van der Waals surface area (Å²) in [5, 5.41) is 5.78. The Kier molecular flexibility index (Phi) is 6.89. The van der Waals surface area contributed by atoms with Gasteiger partial charge < -0.3 is 19.8 Å². The summed E-state index contributed by atoms with van der Waals surface area (Å²) < 4.78 is 7.86. The molecule has 0 saturated heterocycles. The molecule has 37 heavy (non-hydrogen) atoms. The van der Waals surface area contributed by atoms with Crippen LogP contribution in [0.25, 0.3) is 5.65 Å². The van der Waals surface area contributed by atoms with Gasteiger partial charge in [-0.2, -0.15) is 0 Å². The molecule has 2 amide bonds. The summed E-state index contributed by atoms with van der Waals surface area (Å²) in [5.74, 6) is 0.140. The van der Waals surface area contributed by atoms with Gasteiger partial charge in [0.1, 0.15) is 18.0 Å². The maximum atomic E-state index is 12.8. The number of amides is 2. The quantitative estimate of drug-likeness (QED) is 0.325. The number of imidazole rings is 1. The van der Waals surface area contributed by atoms with Gasteiger partial charge in [-0.15, -0.1) is 0 Å². The Morgan fingerprint density at radius 3 is 2.59 bits per heavy atom. The normalized spacial score (nSPS) is 10.7. The fraction of sp³-hybridized carbons (Fsp3) is 0.103. The number of carbonyl (C=O) groups is 2. The average Bonchev–Trinajstić information content (AvgIpc) is 3.33. The maximum Gasteiger partial charge on any atom is 0.255 e. The summed E-state index contributed by atoms with van der Waals surface area (Å²) in [4.78, 5) is 33.7. The number of fused-ring (bicyclic) bond motifs is 1. The van der Waals surface area contributed by atoms with Crippen molar-refractivity contribution in [1.29, 1.82) is 0 Å². The number of ether oxygens (including phenoxy) is 1. The predicted octanol–water partition coefficient (Wildman–Crippen LogP) is 4.80. The number of carbonyl (C=O) groups excluding carboxylic acids is 2. The first-order valence-electron chi connectivity index (χ1n) is 11.8. The highest BCUT2D eigenvalue weighted by Gasteiger charge is 2.10. The number of aryl methyl sites for hydroxylation is 1. The topological polar surface area (TPSA) is 97.6 Å². The van der Waals surface area contributed by atoms with Crippen LogP contribution in [-0.2, 0) is 13.2 Å². The monoisotopic (exact) mass is 491 g/mol. The Labute approximate surface area is 214 Å². The molecule has 0 aliphatic carbocycles. The smallest absolute Gasteiger partial charge is 0.255 e. The van der Waals surface area contributed by atoms with Gasteiger partial charge >= 0.3 is 0 Å². The second-order valence-electron chi connectivity index (χ2n) is 8.59. The number of nitrogens with zero attached hydrogens (tertiary/aromatic N) is 3. The number of benzene rings is 2. The van der Waals surface area contributed by atoms with Crippen molar-refractivity contribution >= 4 is 23.1 Å². The average molecular weight is 492 g/mol. The maximum absolute atomic E-state index is 12.8. The molecule has 0 bridgehead atoms. The molecule has 0 fully saturated rings. The van der Waals surface area contributed by atoms with Gasteiger partial charge in [0.15, 0.2) is 0 Å². The summed E-state index contributed by atoms with van der Waals surface area (Å²) in [6.45, 7) is 2.64. The number of rotatable bonds is 8. The molecule has 0 saturated carbocycles. The SMILES string of the molecule is Cc1ccc2nc(COc3cccc(C(=O)NCc4cccc(NC(=O)c5ccncc5)c4)c3)cn2c1. The largest absolute Gasteiger partial charge is 0.487 e. The molecule has 5 aromatic rings. The highest BCUT2D eigenvalue weighted by molar-refractivity contribution is 6.04. The third kappa shape index (κ3) is 5.99. The van der Waals surface area contributed by atoms with Crippen molar-refractivity contribution in [3.05, 3.63) is 126 Å². The first-order valence-corrected chi connectivity index (χ1v) is 11.8. The standard InChI is InChI=1S/C29H25N5O3/c1-20-8-9-27-32-25(18-34(27)17-20)19-37-26-7-3-5-23(15-26)28(35)31-16-21-4-2-6-24(14-21)33-29(36)22-10-12-30-13-11-22/h2-15,17-18H,16,19H2,1H3,(H,31,35)(H,33,36). The third-order valence-corrected chi connectivity index (χ3v) is 5.71. The van der Waals surface area contributed by atoms with Crippen molar-refractivity contribution in [3.8, 4) is 5.75 Å². The number of pyridine rings is 2. The Morgan fingerprint density at radius 1 is 0.892 bits per heavy atom. The molecular formula is C29H25N5O3. The molecule has 8 heteroatoms. The van der Waals surface area contributed by atoms with E-state index in [4.69, 9.17) is 4.74 Å². The van der Waals surface area contributed by atoms with Crippen LogP contribution in [0.2, 0.25) is 0 Å². The van der Waals surface area contributed by atoms with Crippen LogP contribution >= 0.6 is 0 Å². The summed E-state index contributed by atoms with van der Waals surface area (Å²) >= 11 is 0. The lowest BCUT2D eigenvalue weighted by atomic mass is 10.1. The van der Waals surface area contributed by atoms with Gasteiger partial charge in [0.2, 0.25) is 0 Å². The molecule has 3 aromatic heterocycles. The fourth-order valence-electron chi connectivity index (χ4n) is 3.86. The molecule has 0 atom stereocenters. The lowest BCUT2D eigenvalue weighted by Crippen LogP contribution is -2.23. The molecule has 0 aliphatic rings. The first kappa shape index (κ1) is 23.7. The minimum Gasteiger partial charge on any atom is -0.487 e. The zero-order chi connectivity index (χ0) is 25.6. The van der Waals surface area contributed by atoms with Gasteiger partial charge in [0.05, 0.1) is 5.69 Å². The van der Waals surface area contributed by atoms with E-state index in [1.54, 1.807) is 48.8 Å². The molecule has 0 radical (unpaired) electrons. The molecule has 184 valence electrons. The highest BCUT2D eigenvalue weighted by Crippen LogP contribution is 2.17. The Hall–Kier alpha value is -4.98. The minimum atomic E-state index is -0.223. The van der Waals surface area contributed by atoms with E-state index in [2.05, 4.69) is 20.6 Å². The number of aromatic nitrogens is 3. The van der Waals surface area contributed by atoms with Gasteiger partial charge in [-0.3, -0.25) is 14.6 Å². The number of hydrogen-bond acceptors (Lipinski definition) is 5. The second kappa shape index (κ2) is 10.7. The van der Waals surface area contributed by atoms with Crippen LogP contribution in [0.1, 0.15) is 37.5 Å². The minimum absolute atomic E-state index is 0.222. The van der Waals surface area contributed by atoms with Crippen molar-refractivity contribution in [3.63, 3.8) is 0 Å². The van der Waals surface area contributed by atoms with E-state index in [1.165, 1.54) is 0 Å². The number of nitrogens with one attached hydrogen (secondary N) is 2. The molecule has 3 heterocycles. The van der Waals surface area contributed by atoms with E-state index in [0.29, 0.717) is 35.7 Å². The van der Waals surface area contributed by atoms with Crippen molar-refractivity contribution in [2.75, 3.05) is 5.32 Å². The summed E-state index contributed by atoms with van der Waals surface area (Å²) in [6, 6.07) is 21.7. The van der Waals surface area contributed by atoms with Gasteiger partial charge in [-0.05, 0) is 66.6 Å². The van der Waals surface area contributed by atoms with Gasteiger partial charge in [-0.25, -0.2) is 4.98 Å². The number of anilines is 1. The van der Waals surface area contributed by atoms with Crippen LogP contribution in [0.3, 0.4) is 0 Å². The Bertz CT molecular complexity index is 1560. The van der Waals surface area contributed by atoms with Crippen LogP contribution in [0.15, 0.2) is 97.6 Å². The number of hydrogen-bond donors (Lipinski definition) is 2. The molecular weight excluding hydrogens is 466 g/mol. The lowest BCUT2D eigenvalue weighted by Gasteiger charge is -2.10. The summed E-state index contributed by atoms with van der Waals surface area (Å²) in [5.41, 5.74) is 5.32. The third-order valence-electron chi connectivity index (χ3n) is 5.71. The zero-order valence-corrected chi connectivity index (χ0v) is 20.2. The molecule has 2 N–H and O–H groups in total. The van der Waals surface area contributed by atoms with E-state index in [-0.39, 0.29) is 11.8 Å². The molecule has 5 rings (SSSR count). The zero-order valence-electron chi connectivity index (χ0n) is 20.2. The van der Waals surface area contributed by atoms with Crippen LogP contribution in [-0.4, -0.2) is 26.2 Å². The summed E-state index contributed by atoms with van der Waals surface area (Å²) in [6.07, 6.45) is 7.09. The van der Waals surface area contributed by atoms with Gasteiger partial charge in [-0.1, -0.05) is 24.3 Å². The van der Waals surface area contributed by atoms with Crippen LogP contribution < -0.4 is 15.4 Å².